The number of nitrogens with one attached hydrogen (secondary N) is 1. The number of aliphatic carboxylic acids is 1. The van der Waals surface area contributed by atoms with Crippen LogP contribution in [0.4, 0.5) is 11.4 Å². The van der Waals surface area contributed by atoms with Crippen molar-refractivity contribution in [3.05, 3.63) is 105 Å². The summed E-state index contributed by atoms with van der Waals surface area (Å²) in [6, 6.07) is 16.2. The summed E-state index contributed by atoms with van der Waals surface area (Å²) < 4.78 is 35.4. The third-order valence-electron chi connectivity index (χ3n) is 6.98. The fourth-order valence-electron chi connectivity index (χ4n) is 4.20. The van der Waals surface area contributed by atoms with Crippen LogP contribution in [0.2, 0.25) is 5.02 Å². The maximum Gasteiger partial charge on any atom is 0.355 e. The minimum absolute atomic E-state index is 0.0397. The zero-order valence-corrected chi connectivity index (χ0v) is 28.5. The van der Waals surface area contributed by atoms with Gasteiger partial charge < -0.3 is 35.7 Å². The third kappa shape index (κ3) is 11.3. The molecule has 0 radical (unpaired) electrons. The van der Waals surface area contributed by atoms with E-state index in [1.807, 2.05) is 51.4 Å². The summed E-state index contributed by atoms with van der Waals surface area (Å²) in [6.45, 7) is 5.50. The molecule has 4 aromatic rings. The maximum absolute atomic E-state index is 12.2. The van der Waals surface area contributed by atoms with Crippen molar-refractivity contribution in [2.24, 2.45) is 0 Å². The van der Waals surface area contributed by atoms with Crippen molar-refractivity contribution >= 4 is 51.0 Å². The third-order valence-corrected chi connectivity index (χ3v) is 8.21. The van der Waals surface area contributed by atoms with Crippen molar-refractivity contribution in [1.82, 2.24) is 4.98 Å². The molecule has 1 aromatic heterocycles. The van der Waals surface area contributed by atoms with Gasteiger partial charge in [-0.05, 0) is 73.7 Å². The molecule has 0 bridgehead atoms. The standard InChI is InChI=1S/C17H19NO4.C9H11NO3.C7H8ClNO3S/c1-11-14(8-9-15(19)20)12(2)18-16(11)17(21)22-10-13-6-4-3-5-7-13;1-10(2)6-3-4-7(9(12)13)8(11)5-6;1-4-6(8)2-5(3-7(4)9)13(10,11)12/h3-7,18H,8-10H2,1-2H3,(H,19,20);3-5,11H,1-2H3,(H,12,13);2-3H,9H2,1H3,(H,10,11,12). The first-order chi connectivity index (χ1) is 22.3. The smallest absolute Gasteiger partial charge is 0.355 e. The van der Waals surface area contributed by atoms with Gasteiger partial charge in [0.15, 0.2) is 0 Å². The molecule has 4 rings (SSSR count). The highest BCUT2D eigenvalue weighted by Gasteiger charge is 2.19. The lowest BCUT2D eigenvalue weighted by molar-refractivity contribution is -0.136. The highest BCUT2D eigenvalue weighted by Crippen LogP contribution is 2.26. The van der Waals surface area contributed by atoms with E-state index in [2.05, 4.69) is 4.98 Å². The highest BCUT2D eigenvalue weighted by atomic mass is 35.5. The van der Waals surface area contributed by atoms with Crippen LogP contribution in [0.1, 0.15) is 55.2 Å². The Bertz CT molecular complexity index is 1850. The van der Waals surface area contributed by atoms with Gasteiger partial charge in [-0.15, -0.1) is 0 Å². The number of carbonyl (C=O) groups excluding carboxylic acids is 1. The number of benzene rings is 3. The number of esters is 1. The number of carboxylic acids is 2. The normalized spacial score (nSPS) is 10.6. The van der Waals surface area contributed by atoms with E-state index in [4.69, 9.17) is 36.8 Å². The Labute approximate surface area is 283 Å². The molecule has 0 fully saturated rings. The molecule has 0 aliphatic carbocycles. The van der Waals surface area contributed by atoms with Crippen LogP contribution in [0.15, 0.2) is 65.6 Å². The van der Waals surface area contributed by atoms with E-state index in [0.29, 0.717) is 17.7 Å². The predicted molar refractivity (Wildman–Crippen MR) is 182 cm³/mol. The van der Waals surface area contributed by atoms with Crippen LogP contribution in [0.3, 0.4) is 0 Å². The van der Waals surface area contributed by atoms with Gasteiger partial charge in [-0.25, -0.2) is 9.59 Å². The second kappa shape index (κ2) is 17.2. The molecule has 15 heteroatoms. The van der Waals surface area contributed by atoms with Crippen LogP contribution in [0, 0.1) is 20.8 Å². The van der Waals surface area contributed by atoms with Crippen LogP contribution in [-0.2, 0) is 32.7 Å². The number of aromatic hydroxyl groups is 1. The summed E-state index contributed by atoms with van der Waals surface area (Å²) in [7, 11) is -0.600. The number of rotatable bonds is 9. The van der Waals surface area contributed by atoms with Crippen molar-refractivity contribution in [2.75, 3.05) is 24.7 Å². The second-order valence-electron chi connectivity index (χ2n) is 10.7. The van der Waals surface area contributed by atoms with E-state index in [-0.39, 0.29) is 39.9 Å². The van der Waals surface area contributed by atoms with Gasteiger partial charge in [-0.2, -0.15) is 8.42 Å². The fourth-order valence-corrected chi connectivity index (χ4v) is 5.03. The molecule has 0 saturated carbocycles. The average molecular weight is 704 g/mol. The first-order valence-electron chi connectivity index (χ1n) is 14.2. The maximum atomic E-state index is 12.2. The van der Waals surface area contributed by atoms with Gasteiger partial charge in [0.25, 0.3) is 10.1 Å². The first kappa shape index (κ1) is 39.1. The Morgan fingerprint density at radius 3 is 2.08 bits per heavy atom. The Hall–Kier alpha value is -5.05. The van der Waals surface area contributed by atoms with Crippen molar-refractivity contribution in [2.45, 2.75) is 45.1 Å². The molecule has 0 amide bonds. The van der Waals surface area contributed by atoms with Crippen molar-refractivity contribution in [3.8, 4) is 5.75 Å². The van der Waals surface area contributed by atoms with Crippen LogP contribution in [-0.4, -0.2) is 65.3 Å². The molecular formula is C33H38ClN3O10S. The number of aryl methyl sites for hydroxylation is 1. The van der Waals surface area contributed by atoms with Gasteiger partial charge in [0.2, 0.25) is 0 Å². The number of ether oxygens (including phenoxy) is 1. The molecule has 3 aromatic carbocycles. The molecular weight excluding hydrogens is 666 g/mol. The molecule has 0 aliphatic heterocycles. The zero-order valence-electron chi connectivity index (χ0n) is 26.9. The van der Waals surface area contributed by atoms with Crippen LogP contribution in [0.5, 0.6) is 5.75 Å². The van der Waals surface area contributed by atoms with Gasteiger partial charge in [0, 0.05) is 48.7 Å². The van der Waals surface area contributed by atoms with Crippen LogP contribution >= 0.6 is 11.6 Å². The minimum Gasteiger partial charge on any atom is -0.507 e. The van der Waals surface area contributed by atoms with Gasteiger partial charge in [-0.1, -0.05) is 41.9 Å². The molecule has 258 valence electrons. The van der Waals surface area contributed by atoms with Crippen molar-refractivity contribution in [3.63, 3.8) is 0 Å². The summed E-state index contributed by atoms with van der Waals surface area (Å²) in [6.07, 6.45) is 0.438. The minimum atomic E-state index is -4.23. The number of anilines is 2. The Morgan fingerprint density at radius 1 is 0.958 bits per heavy atom. The van der Waals surface area contributed by atoms with Gasteiger partial charge in [0.1, 0.15) is 23.6 Å². The monoisotopic (exact) mass is 703 g/mol. The van der Waals surface area contributed by atoms with Crippen LogP contribution in [0.25, 0.3) is 0 Å². The summed E-state index contributed by atoms with van der Waals surface area (Å²) in [5.41, 5.74) is 10.7. The van der Waals surface area contributed by atoms with E-state index in [0.717, 1.165) is 40.2 Å². The van der Waals surface area contributed by atoms with Gasteiger partial charge >= 0.3 is 17.9 Å². The molecule has 0 unspecified atom stereocenters. The fraction of sp³-hybridized carbons (Fsp3) is 0.242. The Kier molecular flexibility index (Phi) is 14.0. The number of halogens is 1. The molecule has 0 spiro atoms. The zero-order chi connectivity index (χ0) is 36.3. The first-order valence-corrected chi connectivity index (χ1v) is 16.0. The van der Waals surface area contributed by atoms with Crippen molar-refractivity contribution < 1.29 is 47.4 Å². The molecule has 7 N–H and O–H groups in total. The molecule has 0 saturated heterocycles. The topological polar surface area (TPSA) is 221 Å². The summed E-state index contributed by atoms with van der Waals surface area (Å²) in [4.78, 5) is 37.9. The van der Waals surface area contributed by atoms with E-state index in [1.54, 1.807) is 24.8 Å². The number of hydrogen-bond acceptors (Lipinski definition) is 9. The number of carboxylic acid groups (broad SMARTS) is 2. The number of aromatic nitrogens is 1. The number of nitrogens with zero attached hydrogens (tertiary/aromatic N) is 1. The Morgan fingerprint density at radius 2 is 1.58 bits per heavy atom. The van der Waals surface area contributed by atoms with E-state index in [1.165, 1.54) is 12.1 Å². The number of H-pyrrole nitrogens is 1. The molecule has 0 aliphatic rings. The number of nitrogens with two attached hydrogens (primary N) is 1. The van der Waals surface area contributed by atoms with Crippen LogP contribution < -0.4 is 10.6 Å². The van der Waals surface area contributed by atoms with E-state index >= 15 is 0 Å². The Balaban J connectivity index is 0.000000266. The van der Waals surface area contributed by atoms with E-state index in [9.17, 15) is 27.9 Å². The lowest BCUT2D eigenvalue weighted by Gasteiger charge is -2.12. The molecule has 0 atom stereocenters. The van der Waals surface area contributed by atoms with Gasteiger partial charge in [0.05, 0.1) is 4.90 Å². The molecule has 48 heavy (non-hydrogen) atoms. The largest absolute Gasteiger partial charge is 0.507 e. The average Bonchev–Trinajstić information content (AvgIpc) is 3.30. The number of aromatic amines is 1. The lowest BCUT2D eigenvalue weighted by atomic mass is 10.1. The second-order valence-corrected chi connectivity index (χ2v) is 12.5. The number of carbonyl (C=O) groups is 3. The summed E-state index contributed by atoms with van der Waals surface area (Å²) in [5, 5.41) is 26.9. The summed E-state index contributed by atoms with van der Waals surface area (Å²) >= 11 is 5.67. The van der Waals surface area contributed by atoms with Gasteiger partial charge in [-0.3, -0.25) is 9.35 Å². The highest BCUT2D eigenvalue weighted by molar-refractivity contribution is 7.85. The molecule has 1 heterocycles. The quantitative estimate of drug-likeness (QED) is 0.0708. The number of aromatic carboxylic acids is 1. The number of hydrogen-bond donors (Lipinski definition) is 6. The summed E-state index contributed by atoms with van der Waals surface area (Å²) in [5.74, 6) is -2.61. The molecule has 13 nitrogen and oxygen atoms in total. The number of nitrogen functional groups attached to an aromatic ring is 1. The predicted octanol–water partition coefficient (Wildman–Crippen LogP) is 5.64. The SMILES string of the molecule is CN(C)c1ccc(C(=O)O)c(O)c1.Cc1[nH]c(C(=O)OCc2ccccc2)c(C)c1CCC(=O)O.Cc1c(N)cc(S(=O)(=O)O)cc1Cl. The number of phenols is 1. The van der Waals surface area contributed by atoms with Crippen molar-refractivity contribution in [1.29, 1.82) is 0 Å². The van der Waals surface area contributed by atoms with E-state index < -0.39 is 28.0 Å². The lowest BCUT2D eigenvalue weighted by Crippen LogP contribution is -2.09.